The van der Waals surface area contributed by atoms with E-state index in [0.717, 1.165) is 5.69 Å². The van der Waals surface area contributed by atoms with Gasteiger partial charge in [-0.15, -0.1) is 11.3 Å². The van der Waals surface area contributed by atoms with Crippen LogP contribution >= 0.6 is 11.3 Å². The zero-order valence-corrected chi connectivity index (χ0v) is 26.9. The molecule has 48 heavy (non-hydrogen) atoms. The summed E-state index contributed by atoms with van der Waals surface area (Å²) in [4.78, 5) is 0. The molecule has 0 aliphatic carbocycles. The summed E-state index contributed by atoms with van der Waals surface area (Å²) in [6.07, 6.45) is 0. The lowest BCUT2D eigenvalue weighted by molar-refractivity contribution is 1.19. The Labute approximate surface area is 282 Å². The van der Waals surface area contributed by atoms with Crippen LogP contribution in [0.2, 0.25) is 0 Å². The van der Waals surface area contributed by atoms with Gasteiger partial charge < -0.3 is 4.57 Å². The highest BCUT2D eigenvalue weighted by atomic mass is 32.1. The van der Waals surface area contributed by atoms with Crippen molar-refractivity contribution in [3.8, 4) is 39.1 Å². The van der Waals surface area contributed by atoms with E-state index in [1.807, 2.05) is 11.3 Å². The number of benzene rings is 8. The third kappa shape index (κ3) is 4.24. The normalized spacial score (nSPS) is 11.8. The number of aromatic nitrogens is 1. The van der Waals surface area contributed by atoms with E-state index in [0.29, 0.717) is 0 Å². The lowest BCUT2D eigenvalue weighted by atomic mass is 9.93. The van der Waals surface area contributed by atoms with Gasteiger partial charge in [-0.25, -0.2) is 0 Å². The molecule has 10 aromatic rings. The van der Waals surface area contributed by atoms with Gasteiger partial charge in [0, 0.05) is 42.0 Å². The van der Waals surface area contributed by atoms with Gasteiger partial charge in [0.15, 0.2) is 0 Å². The first-order chi connectivity index (χ1) is 23.8. The molecule has 0 aliphatic rings. The molecule has 0 spiro atoms. The highest BCUT2D eigenvalue weighted by Crippen LogP contribution is 2.43. The molecule has 1 nitrogen and oxygen atoms in total. The smallest absolute Gasteiger partial charge is 0.0619 e. The third-order valence-electron chi connectivity index (χ3n) is 9.78. The molecule has 0 amide bonds. The van der Waals surface area contributed by atoms with E-state index in [1.54, 1.807) is 0 Å². The van der Waals surface area contributed by atoms with Crippen LogP contribution in [0.1, 0.15) is 0 Å². The van der Waals surface area contributed by atoms with Crippen molar-refractivity contribution in [2.75, 3.05) is 0 Å². The molecular formula is C46H29NS. The maximum Gasteiger partial charge on any atom is 0.0619 e. The minimum Gasteiger partial charge on any atom is -0.309 e. The van der Waals surface area contributed by atoms with E-state index < -0.39 is 0 Å². The summed E-state index contributed by atoms with van der Waals surface area (Å²) < 4.78 is 5.14. The van der Waals surface area contributed by atoms with Gasteiger partial charge in [-0.2, -0.15) is 0 Å². The monoisotopic (exact) mass is 627 g/mol. The van der Waals surface area contributed by atoms with Crippen LogP contribution in [-0.4, -0.2) is 4.57 Å². The summed E-state index contributed by atoms with van der Waals surface area (Å²) in [5.74, 6) is 0. The van der Waals surface area contributed by atoms with Crippen LogP contribution in [0.4, 0.5) is 0 Å². The summed E-state index contributed by atoms with van der Waals surface area (Å²) in [6, 6.07) is 64.4. The Morgan fingerprint density at radius 1 is 0.333 bits per heavy atom. The van der Waals surface area contributed by atoms with Gasteiger partial charge in [-0.05, 0) is 87.3 Å². The summed E-state index contributed by atoms with van der Waals surface area (Å²) in [5, 5.41) is 7.84. The summed E-state index contributed by atoms with van der Waals surface area (Å²) in [7, 11) is 0. The van der Waals surface area contributed by atoms with E-state index in [-0.39, 0.29) is 0 Å². The molecule has 8 aromatic carbocycles. The lowest BCUT2D eigenvalue weighted by Gasteiger charge is -2.13. The van der Waals surface area contributed by atoms with Gasteiger partial charge in [0.2, 0.25) is 0 Å². The number of hydrogen-bond acceptors (Lipinski definition) is 1. The fourth-order valence-electron chi connectivity index (χ4n) is 7.55. The molecular weight excluding hydrogens is 599 g/mol. The van der Waals surface area contributed by atoms with Crippen molar-refractivity contribution in [3.63, 3.8) is 0 Å². The molecule has 0 radical (unpaired) electrons. The minimum atomic E-state index is 1.16. The largest absolute Gasteiger partial charge is 0.309 e. The van der Waals surface area contributed by atoms with Crippen molar-refractivity contribution in [1.29, 1.82) is 0 Å². The van der Waals surface area contributed by atoms with E-state index in [9.17, 15) is 0 Å². The number of thiophene rings is 1. The first-order valence-corrected chi connectivity index (χ1v) is 17.2. The molecule has 0 saturated carbocycles. The van der Waals surface area contributed by atoms with Crippen molar-refractivity contribution < 1.29 is 0 Å². The molecule has 0 atom stereocenters. The van der Waals surface area contributed by atoms with Crippen LogP contribution in [0.15, 0.2) is 176 Å². The van der Waals surface area contributed by atoms with Crippen molar-refractivity contribution in [2.45, 2.75) is 0 Å². The first-order valence-electron chi connectivity index (χ1n) is 16.4. The summed E-state index contributed by atoms with van der Waals surface area (Å²) in [6.45, 7) is 0. The van der Waals surface area contributed by atoms with Gasteiger partial charge in [0.25, 0.3) is 0 Å². The second-order valence-corrected chi connectivity index (χ2v) is 13.6. The Morgan fingerprint density at radius 3 is 1.54 bits per heavy atom. The standard InChI is InChI=1S/C46H29NS/c1-3-11-30(12-4-1)33-27-34(31-13-5-2-6-14-31)29-35(28-33)32-19-21-36(22-20-32)47-42-17-9-7-15-37(42)39-24-23-38-40(46(39)47)25-26-44-45(38)41-16-8-10-18-43(41)48-44/h1-29H. The average Bonchev–Trinajstić information content (AvgIpc) is 3.72. The van der Waals surface area contributed by atoms with Crippen LogP contribution in [-0.2, 0) is 0 Å². The predicted molar refractivity (Wildman–Crippen MR) is 207 cm³/mol. The number of para-hydroxylation sites is 1. The van der Waals surface area contributed by atoms with Crippen LogP contribution in [0, 0.1) is 0 Å². The SMILES string of the molecule is c1ccc(-c2cc(-c3ccccc3)cc(-c3ccc(-n4c5ccccc5c5ccc6c(ccc7sc8ccccc8c76)c54)cc3)c2)cc1. The Kier molecular flexibility index (Phi) is 6.12. The highest BCUT2D eigenvalue weighted by molar-refractivity contribution is 7.26. The van der Waals surface area contributed by atoms with Gasteiger partial charge in [-0.3, -0.25) is 0 Å². The number of hydrogen-bond donors (Lipinski definition) is 0. The van der Waals surface area contributed by atoms with Gasteiger partial charge in [-0.1, -0.05) is 127 Å². The lowest BCUT2D eigenvalue weighted by Crippen LogP contribution is -1.95. The molecule has 2 heteroatoms. The second kappa shape index (κ2) is 10.8. The van der Waals surface area contributed by atoms with E-state index in [4.69, 9.17) is 0 Å². The zero-order chi connectivity index (χ0) is 31.6. The van der Waals surface area contributed by atoms with Gasteiger partial charge in [0.1, 0.15) is 0 Å². The Morgan fingerprint density at radius 2 is 0.854 bits per heavy atom. The quantitative estimate of drug-likeness (QED) is 0.183. The molecule has 0 bridgehead atoms. The Balaban J connectivity index is 1.18. The Hall–Kier alpha value is -5.96. The van der Waals surface area contributed by atoms with Crippen molar-refractivity contribution in [3.05, 3.63) is 176 Å². The molecule has 10 rings (SSSR count). The second-order valence-electron chi connectivity index (χ2n) is 12.5. The summed E-state index contributed by atoms with van der Waals surface area (Å²) in [5.41, 5.74) is 10.9. The van der Waals surface area contributed by atoms with Crippen LogP contribution < -0.4 is 0 Å². The Bertz CT molecular complexity index is 2750. The van der Waals surface area contributed by atoms with Crippen LogP contribution in [0.3, 0.4) is 0 Å². The number of nitrogens with zero attached hydrogens (tertiary/aromatic N) is 1. The minimum absolute atomic E-state index is 1.16. The number of fused-ring (bicyclic) bond motifs is 9. The molecule has 0 saturated heterocycles. The van der Waals surface area contributed by atoms with Gasteiger partial charge >= 0.3 is 0 Å². The molecule has 0 unspecified atom stereocenters. The highest BCUT2D eigenvalue weighted by Gasteiger charge is 2.18. The third-order valence-corrected chi connectivity index (χ3v) is 10.9. The summed E-state index contributed by atoms with van der Waals surface area (Å²) >= 11 is 1.88. The van der Waals surface area contributed by atoms with Crippen LogP contribution in [0.5, 0.6) is 0 Å². The molecule has 2 aromatic heterocycles. The molecule has 0 aliphatic heterocycles. The van der Waals surface area contributed by atoms with Crippen molar-refractivity contribution in [1.82, 2.24) is 4.57 Å². The fraction of sp³-hybridized carbons (Fsp3) is 0. The predicted octanol–water partition coefficient (Wildman–Crippen LogP) is 13.3. The van der Waals surface area contributed by atoms with E-state index in [1.165, 1.54) is 86.1 Å². The number of rotatable bonds is 4. The van der Waals surface area contributed by atoms with Crippen molar-refractivity contribution >= 4 is 64.1 Å². The van der Waals surface area contributed by atoms with Crippen molar-refractivity contribution in [2.24, 2.45) is 0 Å². The molecule has 224 valence electrons. The molecule has 0 N–H and O–H groups in total. The van der Waals surface area contributed by atoms with E-state index in [2.05, 4.69) is 180 Å². The maximum absolute atomic E-state index is 2.47. The maximum atomic E-state index is 2.47. The fourth-order valence-corrected chi connectivity index (χ4v) is 8.67. The topological polar surface area (TPSA) is 4.93 Å². The average molecular weight is 628 g/mol. The van der Waals surface area contributed by atoms with Crippen LogP contribution in [0.25, 0.3) is 91.8 Å². The van der Waals surface area contributed by atoms with E-state index >= 15 is 0 Å². The zero-order valence-electron chi connectivity index (χ0n) is 26.1. The van der Waals surface area contributed by atoms with Gasteiger partial charge in [0.05, 0.1) is 11.0 Å². The molecule has 2 heterocycles. The first kappa shape index (κ1) is 27.2. The molecule has 0 fully saturated rings.